The molecule has 2 unspecified atom stereocenters. The summed E-state index contributed by atoms with van der Waals surface area (Å²) in [5.41, 5.74) is -0.265. The van der Waals surface area contributed by atoms with Gasteiger partial charge in [0.1, 0.15) is 6.04 Å². The van der Waals surface area contributed by atoms with Crippen molar-refractivity contribution in [3.05, 3.63) is 51.3 Å². The van der Waals surface area contributed by atoms with Gasteiger partial charge in [0.05, 0.1) is 16.8 Å². The van der Waals surface area contributed by atoms with Crippen molar-refractivity contribution in [3.8, 4) is 0 Å². The monoisotopic (exact) mass is 450 g/mol. The van der Waals surface area contributed by atoms with E-state index >= 15 is 0 Å². The zero-order valence-corrected chi connectivity index (χ0v) is 18.0. The highest BCUT2D eigenvalue weighted by Crippen LogP contribution is 2.36. The lowest BCUT2D eigenvalue weighted by atomic mass is 10.0. The Morgan fingerprint density at radius 2 is 1.83 bits per heavy atom. The van der Waals surface area contributed by atoms with E-state index in [-0.39, 0.29) is 11.7 Å². The molecule has 0 aliphatic heterocycles. The lowest BCUT2D eigenvalue weighted by Crippen LogP contribution is -2.36. The van der Waals surface area contributed by atoms with Gasteiger partial charge in [-0.15, -0.1) is 0 Å². The van der Waals surface area contributed by atoms with Crippen LogP contribution in [0.1, 0.15) is 42.4 Å². The van der Waals surface area contributed by atoms with Gasteiger partial charge in [0, 0.05) is 5.02 Å². The Hall–Kier alpha value is -1.77. The highest BCUT2D eigenvalue weighted by molar-refractivity contribution is 6.32. The number of hydrogen-bond acceptors (Lipinski definition) is 3. The number of carbonyl (C=O) groups is 1. The summed E-state index contributed by atoms with van der Waals surface area (Å²) in [4.78, 5) is 14.8. The molecule has 0 spiro atoms. The van der Waals surface area contributed by atoms with E-state index in [0.29, 0.717) is 18.0 Å². The molecule has 0 fully saturated rings. The van der Waals surface area contributed by atoms with Crippen molar-refractivity contribution in [2.75, 3.05) is 20.6 Å². The molecule has 0 saturated carbocycles. The minimum absolute atomic E-state index is 0.0815. The van der Waals surface area contributed by atoms with Crippen LogP contribution in [0.25, 0.3) is 0 Å². The van der Waals surface area contributed by atoms with Crippen molar-refractivity contribution in [1.82, 2.24) is 20.0 Å². The summed E-state index contributed by atoms with van der Waals surface area (Å²) in [6.45, 7) is 3.58. The SMILES string of the molecule is Cc1c(Cl)c(C(F)(F)F)nn1C(C)C(=O)NC(CCN(C)C)c1ccc(Cl)cc1. The molecule has 1 aromatic heterocycles. The van der Waals surface area contributed by atoms with E-state index in [1.54, 1.807) is 12.1 Å². The van der Waals surface area contributed by atoms with Crippen LogP contribution in [0.5, 0.6) is 0 Å². The number of amides is 1. The number of halogens is 5. The summed E-state index contributed by atoms with van der Waals surface area (Å²) in [6, 6.07) is 5.76. The highest BCUT2D eigenvalue weighted by Gasteiger charge is 2.39. The van der Waals surface area contributed by atoms with Gasteiger partial charge in [-0.1, -0.05) is 35.3 Å². The van der Waals surface area contributed by atoms with Crippen LogP contribution in [0.3, 0.4) is 0 Å². The second-order valence-corrected chi connectivity index (χ2v) is 7.89. The third-order valence-corrected chi connectivity index (χ3v) is 5.25. The number of nitrogens with zero attached hydrogens (tertiary/aromatic N) is 3. The minimum atomic E-state index is -4.69. The lowest BCUT2D eigenvalue weighted by molar-refractivity contribution is -0.141. The van der Waals surface area contributed by atoms with Crippen LogP contribution in [0.2, 0.25) is 10.0 Å². The first-order chi connectivity index (χ1) is 13.4. The number of aromatic nitrogens is 2. The molecule has 5 nitrogen and oxygen atoms in total. The molecule has 160 valence electrons. The van der Waals surface area contributed by atoms with Gasteiger partial charge in [-0.25, -0.2) is 0 Å². The van der Waals surface area contributed by atoms with Crippen molar-refractivity contribution in [1.29, 1.82) is 0 Å². The average molecular weight is 451 g/mol. The number of alkyl halides is 3. The van der Waals surface area contributed by atoms with E-state index in [4.69, 9.17) is 23.2 Å². The summed E-state index contributed by atoms with van der Waals surface area (Å²) < 4.78 is 40.2. The average Bonchev–Trinajstić information content (AvgIpc) is 2.94. The second kappa shape index (κ2) is 9.36. The first kappa shape index (κ1) is 23.5. The lowest BCUT2D eigenvalue weighted by Gasteiger charge is -2.24. The van der Waals surface area contributed by atoms with Crippen molar-refractivity contribution >= 4 is 29.1 Å². The summed E-state index contributed by atoms with van der Waals surface area (Å²) in [7, 11) is 3.83. The quantitative estimate of drug-likeness (QED) is 0.653. The molecule has 2 aromatic rings. The van der Waals surface area contributed by atoms with E-state index in [1.165, 1.54) is 13.8 Å². The van der Waals surface area contributed by atoms with Gasteiger partial charge in [-0.3, -0.25) is 9.48 Å². The summed E-state index contributed by atoms with van der Waals surface area (Å²) in [6.07, 6.45) is -4.08. The van der Waals surface area contributed by atoms with Crippen LogP contribution in [0, 0.1) is 6.92 Å². The molecular formula is C19H23Cl2F3N4O. The molecule has 29 heavy (non-hydrogen) atoms. The van der Waals surface area contributed by atoms with Crippen LogP contribution in [0.15, 0.2) is 24.3 Å². The smallest absolute Gasteiger partial charge is 0.347 e. The zero-order chi connectivity index (χ0) is 21.9. The summed E-state index contributed by atoms with van der Waals surface area (Å²) in [5.74, 6) is -0.459. The fourth-order valence-corrected chi connectivity index (χ4v) is 3.22. The molecule has 1 heterocycles. The van der Waals surface area contributed by atoms with E-state index in [0.717, 1.165) is 10.2 Å². The van der Waals surface area contributed by atoms with Crippen LogP contribution in [-0.4, -0.2) is 41.2 Å². The van der Waals surface area contributed by atoms with Gasteiger partial charge in [0.25, 0.3) is 0 Å². The van der Waals surface area contributed by atoms with Gasteiger partial charge >= 0.3 is 6.18 Å². The normalized spacial score (nSPS) is 14.1. The summed E-state index contributed by atoms with van der Waals surface area (Å²) in [5, 5.41) is 6.52. The maximum Gasteiger partial charge on any atom is 0.436 e. The second-order valence-electron chi connectivity index (χ2n) is 7.07. The van der Waals surface area contributed by atoms with Crippen molar-refractivity contribution in [2.24, 2.45) is 0 Å². The molecule has 0 aliphatic rings. The fraction of sp³-hybridized carbons (Fsp3) is 0.474. The van der Waals surface area contributed by atoms with Crippen LogP contribution in [-0.2, 0) is 11.0 Å². The zero-order valence-electron chi connectivity index (χ0n) is 16.5. The molecule has 0 saturated heterocycles. The van der Waals surface area contributed by atoms with Crippen molar-refractivity contribution in [3.63, 3.8) is 0 Å². The largest absolute Gasteiger partial charge is 0.436 e. The molecule has 1 amide bonds. The van der Waals surface area contributed by atoms with Gasteiger partial charge in [-0.05, 0) is 58.6 Å². The Bertz CT molecular complexity index is 850. The molecule has 2 atom stereocenters. The predicted octanol–water partition coefficient (Wildman–Crippen LogP) is 4.89. The van der Waals surface area contributed by atoms with Crippen molar-refractivity contribution in [2.45, 2.75) is 38.5 Å². The van der Waals surface area contributed by atoms with E-state index in [9.17, 15) is 18.0 Å². The Labute approximate surface area is 177 Å². The Morgan fingerprint density at radius 3 is 2.31 bits per heavy atom. The molecule has 0 aliphatic carbocycles. The topological polar surface area (TPSA) is 50.2 Å². The Kier molecular flexibility index (Phi) is 7.59. The number of rotatable bonds is 7. The molecule has 1 N–H and O–H groups in total. The number of nitrogens with one attached hydrogen (secondary N) is 1. The van der Waals surface area contributed by atoms with E-state index in [2.05, 4.69) is 10.4 Å². The van der Waals surface area contributed by atoms with Crippen LogP contribution >= 0.6 is 23.2 Å². The summed E-state index contributed by atoms with van der Waals surface area (Å²) >= 11 is 11.7. The molecule has 2 rings (SSSR count). The standard InChI is InChI=1S/C19H23Cl2F3N4O/c1-11-16(21)17(19(22,23)24)26-28(11)12(2)18(29)25-15(9-10-27(3)4)13-5-7-14(20)8-6-13/h5-8,12,15H,9-10H2,1-4H3,(H,25,29). The maximum atomic E-state index is 13.1. The van der Waals surface area contributed by atoms with Crippen LogP contribution < -0.4 is 5.32 Å². The first-order valence-corrected chi connectivity index (χ1v) is 9.69. The van der Waals surface area contributed by atoms with Gasteiger partial charge in [0.2, 0.25) is 5.91 Å². The molecule has 10 heteroatoms. The maximum absolute atomic E-state index is 13.1. The molecule has 0 radical (unpaired) electrons. The van der Waals surface area contributed by atoms with E-state index < -0.39 is 28.8 Å². The highest BCUT2D eigenvalue weighted by atomic mass is 35.5. The minimum Gasteiger partial charge on any atom is -0.347 e. The third kappa shape index (κ3) is 5.87. The van der Waals surface area contributed by atoms with E-state index in [1.807, 2.05) is 31.1 Å². The molecule has 0 bridgehead atoms. The van der Waals surface area contributed by atoms with Crippen molar-refractivity contribution < 1.29 is 18.0 Å². The third-order valence-electron chi connectivity index (χ3n) is 4.55. The Balaban J connectivity index is 2.25. The van der Waals surface area contributed by atoms with Gasteiger partial charge in [-0.2, -0.15) is 18.3 Å². The molecular weight excluding hydrogens is 428 g/mol. The first-order valence-electron chi connectivity index (χ1n) is 8.94. The van der Waals surface area contributed by atoms with Crippen LogP contribution in [0.4, 0.5) is 13.2 Å². The Morgan fingerprint density at radius 1 is 1.24 bits per heavy atom. The number of hydrogen-bond donors (Lipinski definition) is 1. The fourth-order valence-electron chi connectivity index (χ4n) is 2.86. The van der Waals surface area contributed by atoms with Gasteiger partial charge in [0.15, 0.2) is 5.69 Å². The predicted molar refractivity (Wildman–Crippen MR) is 107 cm³/mol. The molecule has 1 aromatic carbocycles. The number of carbonyl (C=O) groups excluding carboxylic acids is 1. The number of benzene rings is 1. The van der Waals surface area contributed by atoms with Gasteiger partial charge < -0.3 is 10.2 Å².